The maximum Gasteiger partial charge on any atom is 0.407 e. The van der Waals surface area contributed by atoms with Crippen molar-refractivity contribution >= 4 is 31.8 Å². The topological polar surface area (TPSA) is 122 Å². The molecule has 0 heterocycles. The van der Waals surface area contributed by atoms with E-state index in [1.54, 1.807) is 39.0 Å². The summed E-state index contributed by atoms with van der Waals surface area (Å²) in [5.41, 5.74) is 0.000902. The van der Waals surface area contributed by atoms with Gasteiger partial charge in [-0.15, -0.1) is 0 Å². The highest BCUT2D eigenvalue weighted by Crippen LogP contribution is 2.22. The van der Waals surface area contributed by atoms with E-state index in [2.05, 4.69) is 10.0 Å². The van der Waals surface area contributed by atoms with E-state index in [9.17, 15) is 21.6 Å². The molecule has 31 heavy (non-hydrogen) atoms. The predicted octanol–water partition coefficient (Wildman–Crippen LogP) is 2.76. The van der Waals surface area contributed by atoms with Crippen LogP contribution in [0.15, 0.2) is 58.3 Å². The third-order valence-electron chi connectivity index (χ3n) is 3.98. The number of amides is 1. The first kappa shape index (κ1) is 24.6. The first-order chi connectivity index (χ1) is 14.2. The largest absolute Gasteiger partial charge is 0.445 e. The molecule has 170 valence electrons. The van der Waals surface area contributed by atoms with Crippen LogP contribution in [0.3, 0.4) is 0 Å². The third-order valence-corrected chi connectivity index (χ3v) is 7.29. The quantitative estimate of drug-likeness (QED) is 0.643. The number of alkyl carbamates (subject to hydrolysis) is 1. The van der Waals surface area contributed by atoms with Crippen molar-refractivity contribution in [3.05, 3.63) is 54.1 Å². The summed E-state index contributed by atoms with van der Waals surface area (Å²) in [4.78, 5) is 11.9. The maximum atomic E-state index is 12.9. The van der Waals surface area contributed by atoms with Gasteiger partial charge in [-0.25, -0.2) is 25.9 Å². The normalized spacial score (nSPS) is 12.5. The first-order valence-corrected chi connectivity index (χ1v) is 12.2. The van der Waals surface area contributed by atoms with Crippen LogP contribution >= 0.6 is 0 Å². The maximum absolute atomic E-state index is 12.9. The van der Waals surface area contributed by atoms with Gasteiger partial charge < -0.3 is 10.1 Å². The number of nitrogens with one attached hydrogen (secondary N) is 2. The molecule has 2 N–H and O–H groups in total. The van der Waals surface area contributed by atoms with E-state index in [-0.39, 0.29) is 22.1 Å². The zero-order valence-corrected chi connectivity index (χ0v) is 19.7. The summed E-state index contributed by atoms with van der Waals surface area (Å²) in [5, 5.41) is 2.63. The average Bonchev–Trinajstić information content (AvgIpc) is 2.65. The highest BCUT2D eigenvalue weighted by Gasteiger charge is 2.21. The van der Waals surface area contributed by atoms with Gasteiger partial charge in [-0.3, -0.25) is 4.72 Å². The highest BCUT2D eigenvalue weighted by atomic mass is 32.2. The van der Waals surface area contributed by atoms with Gasteiger partial charge >= 0.3 is 6.09 Å². The van der Waals surface area contributed by atoms with Gasteiger partial charge in [-0.1, -0.05) is 18.2 Å². The lowest BCUT2D eigenvalue weighted by molar-refractivity contribution is 0.130. The zero-order chi connectivity index (χ0) is 23.4. The molecule has 2 aromatic rings. The standard InChI is InChI=1S/C20H27N3O6S2/c1-20(2,3)21-19(24)29-14-15-8-6-7-9-18(15)30(25,26)22-16-10-12-17(13-11-16)31(27,28)23(4)5/h6-13,22H,14H2,1-5H3,(H,21,24). The van der Waals surface area contributed by atoms with Crippen LogP contribution in [0.25, 0.3) is 0 Å². The van der Waals surface area contributed by atoms with Gasteiger partial charge in [0, 0.05) is 30.9 Å². The van der Waals surface area contributed by atoms with E-state index in [0.29, 0.717) is 5.56 Å². The Bertz CT molecular complexity index is 1140. The lowest BCUT2D eigenvalue weighted by atomic mass is 10.1. The molecule has 0 fully saturated rings. The predicted molar refractivity (Wildman–Crippen MR) is 118 cm³/mol. The Morgan fingerprint density at radius 1 is 0.968 bits per heavy atom. The number of hydrogen-bond acceptors (Lipinski definition) is 6. The summed E-state index contributed by atoms with van der Waals surface area (Å²) >= 11 is 0. The number of benzene rings is 2. The smallest absolute Gasteiger partial charge is 0.407 e. The van der Waals surface area contributed by atoms with Crippen molar-refractivity contribution in [3.8, 4) is 0 Å². The van der Waals surface area contributed by atoms with Crippen molar-refractivity contribution in [2.24, 2.45) is 0 Å². The van der Waals surface area contributed by atoms with Crippen LogP contribution in [0.2, 0.25) is 0 Å². The van der Waals surface area contributed by atoms with E-state index < -0.39 is 31.7 Å². The van der Waals surface area contributed by atoms with E-state index >= 15 is 0 Å². The van der Waals surface area contributed by atoms with E-state index in [4.69, 9.17) is 4.74 Å². The van der Waals surface area contributed by atoms with Crippen LogP contribution < -0.4 is 10.0 Å². The van der Waals surface area contributed by atoms with Crippen LogP contribution in [-0.4, -0.2) is 46.9 Å². The van der Waals surface area contributed by atoms with Gasteiger partial charge in [0.25, 0.3) is 10.0 Å². The number of rotatable bonds is 7. The molecule has 0 saturated carbocycles. The van der Waals surface area contributed by atoms with Crippen LogP contribution in [0, 0.1) is 0 Å². The second kappa shape index (κ2) is 9.25. The van der Waals surface area contributed by atoms with Crippen LogP contribution in [0.1, 0.15) is 26.3 Å². The molecule has 9 nitrogen and oxygen atoms in total. The summed E-state index contributed by atoms with van der Waals surface area (Å²) in [6.45, 7) is 5.15. The Morgan fingerprint density at radius 3 is 2.10 bits per heavy atom. The monoisotopic (exact) mass is 469 g/mol. The van der Waals surface area contributed by atoms with Gasteiger partial charge in [0.15, 0.2) is 0 Å². The summed E-state index contributed by atoms with van der Waals surface area (Å²) in [5.74, 6) is 0. The number of sulfonamides is 2. The van der Waals surface area contributed by atoms with Crippen LogP contribution in [-0.2, 0) is 31.4 Å². The molecule has 2 aromatic carbocycles. The molecule has 0 saturated heterocycles. The van der Waals surface area contributed by atoms with Crippen LogP contribution in [0.4, 0.5) is 10.5 Å². The number of carbonyl (C=O) groups is 1. The molecule has 0 spiro atoms. The van der Waals surface area contributed by atoms with Crippen molar-refractivity contribution in [3.63, 3.8) is 0 Å². The Kier molecular flexibility index (Phi) is 7.35. The minimum absolute atomic E-state index is 0.0408. The van der Waals surface area contributed by atoms with E-state index in [0.717, 1.165) is 4.31 Å². The summed E-state index contributed by atoms with van der Waals surface area (Å²) in [6.07, 6.45) is -0.662. The number of nitrogens with zero attached hydrogens (tertiary/aromatic N) is 1. The molecule has 0 aromatic heterocycles. The van der Waals surface area contributed by atoms with E-state index in [1.807, 2.05) is 0 Å². The van der Waals surface area contributed by atoms with Gasteiger partial charge in [-0.05, 0) is 51.1 Å². The minimum Gasteiger partial charge on any atom is -0.445 e. The molecule has 0 aliphatic heterocycles. The molecule has 11 heteroatoms. The molecule has 0 aliphatic rings. The van der Waals surface area contributed by atoms with Gasteiger partial charge in [0.05, 0.1) is 9.79 Å². The lowest BCUT2D eigenvalue weighted by Gasteiger charge is -2.20. The molecule has 0 bridgehead atoms. The molecule has 1 amide bonds. The molecule has 2 rings (SSSR count). The minimum atomic E-state index is -4.01. The second-order valence-electron chi connectivity index (χ2n) is 7.98. The fourth-order valence-corrected chi connectivity index (χ4v) is 4.67. The van der Waals surface area contributed by atoms with Crippen molar-refractivity contribution in [1.29, 1.82) is 0 Å². The van der Waals surface area contributed by atoms with Gasteiger partial charge in [0.1, 0.15) is 6.61 Å². The van der Waals surface area contributed by atoms with Crippen molar-refractivity contribution in [2.45, 2.75) is 42.7 Å². The molecular formula is C20H27N3O6S2. The fraction of sp³-hybridized carbons (Fsp3) is 0.350. The summed E-state index contributed by atoms with van der Waals surface area (Å²) in [7, 11) is -4.82. The van der Waals surface area contributed by atoms with Crippen molar-refractivity contribution in [1.82, 2.24) is 9.62 Å². The Balaban J connectivity index is 2.20. The molecule has 0 atom stereocenters. The number of carbonyl (C=O) groups excluding carboxylic acids is 1. The number of ether oxygens (including phenoxy) is 1. The van der Waals surface area contributed by atoms with Gasteiger partial charge in [0.2, 0.25) is 10.0 Å². The third kappa shape index (κ3) is 6.68. The summed E-state index contributed by atoms with van der Waals surface area (Å²) < 4.78 is 58.7. The van der Waals surface area contributed by atoms with Crippen LogP contribution in [0.5, 0.6) is 0 Å². The molecule has 0 unspecified atom stereocenters. The summed E-state index contributed by atoms with van der Waals surface area (Å²) in [6, 6.07) is 11.5. The highest BCUT2D eigenvalue weighted by molar-refractivity contribution is 7.92. The van der Waals surface area contributed by atoms with E-state index in [1.165, 1.54) is 44.4 Å². The lowest BCUT2D eigenvalue weighted by Crippen LogP contribution is -2.40. The van der Waals surface area contributed by atoms with Crippen molar-refractivity contribution in [2.75, 3.05) is 18.8 Å². The molecular weight excluding hydrogens is 442 g/mol. The number of hydrogen-bond donors (Lipinski definition) is 2. The fourth-order valence-electron chi connectivity index (χ4n) is 2.49. The second-order valence-corrected chi connectivity index (χ2v) is 11.8. The number of anilines is 1. The van der Waals surface area contributed by atoms with Gasteiger partial charge in [-0.2, -0.15) is 0 Å². The van der Waals surface area contributed by atoms with Crippen molar-refractivity contribution < 1.29 is 26.4 Å². The first-order valence-electron chi connectivity index (χ1n) is 9.31. The zero-order valence-electron chi connectivity index (χ0n) is 18.0. The SMILES string of the molecule is CN(C)S(=O)(=O)c1ccc(NS(=O)(=O)c2ccccc2COC(=O)NC(C)(C)C)cc1. The Labute approximate surface area is 183 Å². The Morgan fingerprint density at radius 2 is 1.55 bits per heavy atom. The molecule has 0 aliphatic carbocycles. The molecule has 0 radical (unpaired) electrons. The Hall–Kier alpha value is -2.63. The average molecular weight is 470 g/mol.